The molecular formula is C22H26N2O3S. The standard InChI is InChI=1S/C22H26N2O3S/c1-16-6-12-20(13-7-16)28(26,27)24-19-10-8-17(9-11-19)22(14-15-22)21(25)23-18-4-2-3-5-18/h6-13,18,24H,2-5,14-15H2,1H3,(H,23,25). The fraction of sp³-hybridized carbons (Fsp3) is 0.409. The highest BCUT2D eigenvalue weighted by Crippen LogP contribution is 2.49. The third-order valence-electron chi connectivity index (χ3n) is 5.90. The van der Waals surface area contributed by atoms with Gasteiger partial charge in [-0.1, -0.05) is 42.7 Å². The van der Waals surface area contributed by atoms with E-state index in [0.717, 1.165) is 36.8 Å². The molecule has 2 aromatic rings. The minimum atomic E-state index is -3.62. The van der Waals surface area contributed by atoms with Gasteiger partial charge in [0.2, 0.25) is 5.91 Å². The molecule has 0 aromatic heterocycles. The molecule has 4 rings (SSSR count). The Labute approximate surface area is 166 Å². The number of hydrogen-bond donors (Lipinski definition) is 2. The maximum absolute atomic E-state index is 12.8. The van der Waals surface area contributed by atoms with Crippen LogP contribution in [0.5, 0.6) is 0 Å². The van der Waals surface area contributed by atoms with Gasteiger partial charge >= 0.3 is 0 Å². The molecule has 0 radical (unpaired) electrons. The second-order valence-corrected chi connectivity index (χ2v) is 9.72. The van der Waals surface area contributed by atoms with Gasteiger partial charge < -0.3 is 5.32 Å². The van der Waals surface area contributed by atoms with Gasteiger partial charge in [0.15, 0.2) is 0 Å². The first-order chi connectivity index (χ1) is 13.4. The summed E-state index contributed by atoms with van der Waals surface area (Å²) in [6.07, 6.45) is 6.21. The molecule has 0 atom stereocenters. The van der Waals surface area contributed by atoms with Crippen LogP contribution in [0.25, 0.3) is 0 Å². The van der Waals surface area contributed by atoms with Crippen molar-refractivity contribution in [1.82, 2.24) is 5.32 Å². The van der Waals surface area contributed by atoms with Crippen LogP contribution in [0.3, 0.4) is 0 Å². The van der Waals surface area contributed by atoms with Crippen molar-refractivity contribution in [3.8, 4) is 0 Å². The maximum Gasteiger partial charge on any atom is 0.261 e. The van der Waals surface area contributed by atoms with Gasteiger partial charge in [-0.05, 0) is 62.4 Å². The molecule has 2 fully saturated rings. The second-order valence-electron chi connectivity index (χ2n) is 8.03. The number of nitrogens with one attached hydrogen (secondary N) is 2. The quantitative estimate of drug-likeness (QED) is 0.775. The first-order valence-corrected chi connectivity index (χ1v) is 11.4. The summed E-state index contributed by atoms with van der Waals surface area (Å²) in [6.45, 7) is 1.92. The third kappa shape index (κ3) is 3.78. The van der Waals surface area contributed by atoms with Crippen LogP contribution in [0, 0.1) is 6.92 Å². The topological polar surface area (TPSA) is 75.3 Å². The van der Waals surface area contributed by atoms with Gasteiger partial charge in [-0.2, -0.15) is 0 Å². The zero-order chi connectivity index (χ0) is 19.8. The molecule has 6 heteroatoms. The van der Waals surface area contributed by atoms with Crippen LogP contribution in [0.2, 0.25) is 0 Å². The predicted octanol–water partition coefficient (Wildman–Crippen LogP) is 3.89. The lowest BCUT2D eigenvalue weighted by Crippen LogP contribution is -2.40. The molecule has 148 valence electrons. The predicted molar refractivity (Wildman–Crippen MR) is 110 cm³/mol. The molecule has 2 aliphatic rings. The van der Waals surface area contributed by atoms with Gasteiger partial charge in [0.05, 0.1) is 10.3 Å². The number of carbonyl (C=O) groups is 1. The molecule has 0 saturated heterocycles. The summed E-state index contributed by atoms with van der Waals surface area (Å²) in [7, 11) is -3.62. The zero-order valence-electron chi connectivity index (χ0n) is 16.1. The minimum absolute atomic E-state index is 0.118. The average Bonchev–Trinajstić information content (AvgIpc) is 3.33. The molecule has 28 heavy (non-hydrogen) atoms. The molecule has 5 nitrogen and oxygen atoms in total. The van der Waals surface area contributed by atoms with Gasteiger partial charge in [-0.25, -0.2) is 8.42 Å². The van der Waals surface area contributed by atoms with Gasteiger partial charge in [-0.15, -0.1) is 0 Å². The smallest absolute Gasteiger partial charge is 0.261 e. The van der Waals surface area contributed by atoms with Gasteiger partial charge in [0.1, 0.15) is 0 Å². The Balaban J connectivity index is 1.46. The fourth-order valence-corrected chi connectivity index (χ4v) is 5.01. The van der Waals surface area contributed by atoms with Crippen molar-refractivity contribution in [3.63, 3.8) is 0 Å². The summed E-state index contributed by atoms with van der Waals surface area (Å²) in [5, 5.41) is 3.21. The molecule has 0 heterocycles. The molecule has 0 aliphatic heterocycles. The van der Waals surface area contributed by atoms with Crippen molar-refractivity contribution in [2.45, 2.75) is 61.8 Å². The van der Waals surface area contributed by atoms with E-state index in [0.29, 0.717) is 11.7 Å². The zero-order valence-corrected chi connectivity index (χ0v) is 16.9. The van der Waals surface area contributed by atoms with Crippen molar-refractivity contribution in [2.24, 2.45) is 0 Å². The second kappa shape index (κ2) is 7.24. The lowest BCUT2D eigenvalue weighted by Gasteiger charge is -2.20. The van der Waals surface area contributed by atoms with Crippen molar-refractivity contribution in [1.29, 1.82) is 0 Å². The fourth-order valence-electron chi connectivity index (χ4n) is 3.95. The summed E-state index contributed by atoms with van der Waals surface area (Å²) in [5.41, 5.74) is 2.03. The third-order valence-corrected chi connectivity index (χ3v) is 7.29. The van der Waals surface area contributed by atoms with E-state index in [4.69, 9.17) is 0 Å². The monoisotopic (exact) mass is 398 g/mol. The maximum atomic E-state index is 12.8. The van der Waals surface area contributed by atoms with Gasteiger partial charge in [-0.3, -0.25) is 9.52 Å². The molecule has 2 N–H and O–H groups in total. The number of anilines is 1. The van der Waals surface area contributed by atoms with Crippen LogP contribution in [0.4, 0.5) is 5.69 Å². The molecule has 2 saturated carbocycles. The minimum Gasteiger partial charge on any atom is -0.353 e. The van der Waals surface area contributed by atoms with E-state index in [1.807, 2.05) is 19.1 Å². The van der Waals surface area contributed by atoms with E-state index >= 15 is 0 Å². The Morgan fingerprint density at radius 1 is 0.964 bits per heavy atom. The van der Waals surface area contributed by atoms with Gasteiger partial charge in [0, 0.05) is 11.7 Å². The Hall–Kier alpha value is -2.34. The lowest BCUT2D eigenvalue weighted by molar-refractivity contribution is -0.124. The number of hydrogen-bond acceptors (Lipinski definition) is 3. The normalized spacial score (nSPS) is 18.6. The first-order valence-electron chi connectivity index (χ1n) is 9.90. The van der Waals surface area contributed by atoms with Crippen molar-refractivity contribution in [2.75, 3.05) is 4.72 Å². The Bertz CT molecular complexity index is 956. The Morgan fingerprint density at radius 2 is 1.57 bits per heavy atom. The summed E-state index contributed by atoms with van der Waals surface area (Å²) < 4.78 is 27.7. The lowest BCUT2D eigenvalue weighted by atomic mass is 9.94. The number of carbonyl (C=O) groups excluding carboxylic acids is 1. The number of aryl methyl sites for hydroxylation is 1. The molecular weight excluding hydrogens is 372 g/mol. The van der Waals surface area contributed by atoms with Crippen molar-refractivity contribution in [3.05, 3.63) is 59.7 Å². The summed E-state index contributed by atoms with van der Waals surface area (Å²) in [4.78, 5) is 13.0. The van der Waals surface area contributed by atoms with E-state index in [2.05, 4.69) is 10.0 Å². The SMILES string of the molecule is Cc1ccc(S(=O)(=O)Nc2ccc(C3(C(=O)NC4CCCC4)CC3)cc2)cc1. The highest BCUT2D eigenvalue weighted by Gasteiger charge is 2.51. The van der Waals surface area contributed by atoms with Gasteiger partial charge in [0.25, 0.3) is 10.0 Å². The Morgan fingerprint density at radius 3 is 2.14 bits per heavy atom. The number of benzene rings is 2. The van der Waals surface area contributed by atoms with E-state index in [1.54, 1.807) is 36.4 Å². The summed E-state index contributed by atoms with van der Waals surface area (Å²) >= 11 is 0. The van der Waals surface area contributed by atoms with Crippen molar-refractivity contribution < 1.29 is 13.2 Å². The Kier molecular flexibility index (Phi) is 4.91. The highest BCUT2D eigenvalue weighted by atomic mass is 32.2. The van der Waals surface area contributed by atoms with Crippen molar-refractivity contribution >= 4 is 21.6 Å². The highest BCUT2D eigenvalue weighted by molar-refractivity contribution is 7.92. The van der Waals surface area contributed by atoms with Crippen LogP contribution in [0.1, 0.15) is 49.7 Å². The first kappa shape index (κ1) is 19.0. The molecule has 1 amide bonds. The largest absolute Gasteiger partial charge is 0.353 e. The molecule has 0 bridgehead atoms. The van der Waals surface area contributed by atoms with Crippen LogP contribution in [0.15, 0.2) is 53.4 Å². The average molecular weight is 399 g/mol. The van der Waals surface area contributed by atoms with Crippen LogP contribution in [-0.4, -0.2) is 20.4 Å². The molecule has 2 aromatic carbocycles. The number of sulfonamides is 1. The number of rotatable bonds is 6. The van der Waals surface area contributed by atoms with E-state index in [1.165, 1.54) is 12.8 Å². The summed E-state index contributed by atoms with van der Waals surface area (Å²) in [5.74, 6) is 0.118. The summed E-state index contributed by atoms with van der Waals surface area (Å²) in [6, 6.07) is 14.3. The van der Waals surface area contributed by atoms with Crippen LogP contribution in [-0.2, 0) is 20.2 Å². The molecule has 0 spiro atoms. The molecule has 2 aliphatic carbocycles. The van der Waals surface area contributed by atoms with E-state index in [9.17, 15) is 13.2 Å². The van der Waals surface area contributed by atoms with Crippen LogP contribution < -0.4 is 10.0 Å². The van der Waals surface area contributed by atoms with E-state index < -0.39 is 15.4 Å². The molecule has 0 unspecified atom stereocenters. The van der Waals surface area contributed by atoms with Crippen LogP contribution >= 0.6 is 0 Å². The van der Waals surface area contributed by atoms with E-state index in [-0.39, 0.29) is 10.8 Å². The number of amides is 1.